The summed E-state index contributed by atoms with van der Waals surface area (Å²) in [6, 6.07) is 6.14. The fraction of sp³-hybridized carbons (Fsp3) is 0.690. The summed E-state index contributed by atoms with van der Waals surface area (Å²) >= 11 is 1.85. The molecule has 6 nitrogen and oxygen atoms in total. The van der Waals surface area contributed by atoms with Crippen molar-refractivity contribution in [3.63, 3.8) is 0 Å². The minimum Gasteiger partial charge on any atom is -0.311 e. The van der Waals surface area contributed by atoms with Gasteiger partial charge in [-0.25, -0.2) is 0 Å². The van der Waals surface area contributed by atoms with Crippen molar-refractivity contribution >= 4 is 30.4 Å². The fourth-order valence-electron chi connectivity index (χ4n) is 8.27. The van der Waals surface area contributed by atoms with Crippen LogP contribution < -0.4 is 10.6 Å². The molecule has 1 spiro atoms. The molecular formula is C29H41N3O3S. The molecule has 0 aromatic heterocycles. The number of thioether (sulfide) groups is 1. The highest BCUT2D eigenvalue weighted by molar-refractivity contribution is 7.99. The maximum Gasteiger partial charge on any atom is 0.226 e. The molecule has 2 N–H and O–H groups in total. The normalized spacial score (nSPS) is 32.2. The molecule has 7 heteroatoms. The number of nitrogens with zero attached hydrogens (tertiary/aromatic N) is 1. The van der Waals surface area contributed by atoms with Gasteiger partial charge in [-0.3, -0.25) is 24.6 Å². The maximum atomic E-state index is 11.8. The minimum absolute atomic E-state index is 0.148. The summed E-state index contributed by atoms with van der Waals surface area (Å²) in [5.41, 5.74) is 2.96. The van der Waals surface area contributed by atoms with Gasteiger partial charge in [0.05, 0.1) is 0 Å². The lowest BCUT2D eigenvalue weighted by Crippen LogP contribution is -2.47. The van der Waals surface area contributed by atoms with E-state index in [-0.39, 0.29) is 11.9 Å². The number of fused-ring (bicyclic) bond motifs is 2. The SMILES string of the molecule is CC(CCC(=O)NC=O)N(C)Cc1c(C=O)cccc1SCCCNC12CC3CC4CC(C1)C4(C3)C2. The molecule has 196 valence electrons. The van der Waals surface area contributed by atoms with E-state index in [1.54, 1.807) is 0 Å². The quantitative estimate of drug-likeness (QED) is 0.219. The third-order valence-electron chi connectivity index (χ3n) is 10.0. The van der Waals surface area contributed by atoms with Crippen molar-refractivity contribution in [2.24, 2.45) is 23.2 Å². The Bertz CT molecular complexity index is 998. The Morgan fingerprint density at radius 1 is 1.22 bits per heavy atom. The highest BCUT2D eigenvalue weighted by Crippen LogP contribution is 2.76. The van der Waals surface area contributed by atoms with E-state index >= 15 is 0 Å². The van der Waals surface area contributed by atoms with Gasteiger partial charge in [0.15, 0.2) is 0 Å². The lowest BCUT2D eigenvalue weighted by molar-refractivity contribution is -0.125. The van der Waals surface area contributed by atoms with Crippen molar-refractivity contribution in [3.05, 3.63) is 29.3 Å². The van der Waals surface area contributed by atoms with E-state index in [4.69, 9.17) is 0 Å². The molecule has 2 amide bonds. The molecule has 6 atom stereocenters. The predicted molar refractivity (Wildman–Crippen MR) is 143 cm³/mol. The molecule has 6 unspecified atom stereocenters. The van der Waals surface area contributed by atoms with E-state index in [0.29, 0.717) is 31.3 Å². The van der Waals surface area contributed by atoms with Gasteiger partial charge in [-0.05, 0) is 112 Å². The Kier molecular flexibility index (Phi) is 7.62. The van der Waals surface area contributed by atoms with Crippen LogP contribution >= 0.6 is 11.8 Å². The molecule has 1 aromatic rings. The van der Waals surface area contributed by atoms with Crippen molar-refractivity contribution in [2.75, 3.05) is 19.3 Å². The first-order chi connectivity index (χ1) is 17.4. The summed E-state index contributed by atoms with van der Waals surface area (Å²) in [7, 11) is 2.03. The average molecular weight is 512 g/mol. The smallest absolute Gasteiger partial charge is 0.226 e. The second-order valence-electron chi connectivity index (χ2n) is 12.1. The second-order valence-corrected chi connectivity index (χ2v) is 13.2. The molecule has 4 aliphatic carbocycles. The topological polar surface area (TPSA) is 78.5 Å². The van der Waals surface area contributed by atoms with Crippen LogP contribution in [0.3, 0.4) is 0 Å². The Morgan fingerprint density at radius 2 is 2.08 bits per heavy atom. The van der Waals surface area contributed by atoms with Gasteiger partial charge in [0.25, 0.3) is 0 Å². The van der Waals surface area contributed by atoms with Gasteiger partial charge in [0, 0.05) is 35.0 Å². The molecule has 3 bridgehead atoms. The zero-order chi connectivity index (χ0) is 25.3. The fourth-order valence-corrected chi connectivity index (χ4v) is 9.31. The average Bonchev–Trinajstić information content (AvgIpc) is 3.17. The van der Waals surface area contributed by atoms with Gasteiger partial charge in [-0.1, -0.05) is 12.1 Å². The Morgan fingerprint density at radius 3 is 2.89 bits per heavy atom. The molecule has 4 aliphatic rings. The Labute approximate surface area is 219 Å². The van der Waals surface area contributed by atoms with Crippen LogP contribution in [0.1, 0.15) is 80.6 Å². The van der Waals surface area contributed by atoms with Crippen LogP contribution in [0.15, 0.2) is 23.1 Å². The van der Waals surface area contributed by atoms with E-state index in [0.717, 1.165) is 59.3 Å². The van der Waals surface area contributed by atoms with E-state index < -0.39 is 0 Å². The number of imide groups is 1. The number of carbonyl (C=O) groups excluding carboxylic acids is 3. The van der Waals surface area contributed by atoms with Crippen LogP contribution in [0.25, 0.3) is 0 Å². The summed E-state index contributed by atoms with van der Waals surface area (Å²) in [6.07, 6.45) is 12.3. The molecule has 5 rings (SSSR count). The van der Waals surface area contributed by atoms with Crippen molar-refractivity contribution < 1.29 is 14.4 Å². The number of aldehydes is 1. The van der Waals surface area contributed by atoms with Gasteiger partial charge < -0.3 is 5.32 Å². The largest absolute Gasteiger partial charge is 0.311 e. The van der Waals surface area contributed by atoms with Gasteiger partial charge in [-0.2, -0.15) is 0 Å². The summed E-state index contributed by atoms with van der Waals surface area (Å²) in [5, 5.41) is 6.25. The summed E-state index contributed by atoms with van der Waals surface area (Å²) < 4.78 is 0. The number of benzene rings is 1. The number of hydrogen-bond acceptors (Lipinski definition) is 6. The minimum atomic E-state index is -0.256. The maximum absolute atomic E-state index is 11.8. The molecule has 0 heterocycles. The summed E-state index contributed by atoms with van der Waals surface area (Å²) in [4.78, 5) is 37.2. The van der Waals surface area contributed by atoms with Crippen molar-refractivity contribution in [3.8, 4) is 0 Å². The zero-order valence-corrected chi connectivity index (χ0v) is 22.6. The number of rotatable bonds is 14. The van der Waals surface area contributed by atoms with Gasteiger partial charge >= 0.3 is 0 Å². The van der Waals surface area contributed by atoms with Crippen molar-refractivity contribution in [2.45, 2.75) is 87.7 Å². The Hall–Kier alpha value is -1.70. The number of hydrogen-bond donors (Lipinski definition) is 2. The van der Waals surface area contributed by atoms with E-state index in [9.17, 15) is 14.4 Å². The molecule has 0 aliphatic heterocycles. The van der Waals surface area contributed by atoms with Gasteiger partial charge in [-0.15, -0.1) is 11.8 Å². The lowest BCUT2D eigenvalue weighted by Gasteiger charge is -2.49. The molecule has 4 fully saturated rings. The molecule has 0 radical (unpaired) electrons. The van der Waals surface area contributed by atoms with E-state index in [1.807, 2.05) is 30.9 Å². The highest BCUT2D eigenvalue weighted by atomic mass is 32.2. The number of amides is 2. The van der Waals surface area contributed by atoms with Crippen LogP contribution in [-0.4, -0.2) is 54.4 Å². The van der Waals surface area contributed by atoms with Crippen LogP contribution in [0.5, 0.6) is 0 Å². The van der Waals surface area contributed by atoms with Gasteiger partial charge in [0.1, 0.15) is 6.29 Å². The molecular weight excluding hydrogens is 470 g/mol. The second kappa shape index (κ2) is 10.6. The molecule has 0 saturated heterocycles. The van der Waals surface area contributed by atoms with Crippen molar-refractivity contribution in [1.82, 2.24) is 15.5 Å². The zero-order valence-electron chi connectivity index (χ0n) is 21.8. The molecule has 4 saturated carbocycles. The van der Waals surface area contributed by atoms with E-state index in [2.05, 4.69) is 28.5 Å². The van der Waals surface area contributed by atoms with Crippen molar-refractivity contribution in [1.29, 1.82) is 0 Å². The summed E-state index contributed by atoms with van der Waals surface area (Å²) in [6.45, 7) is 3.81. The third kappa shape index (κ3) is 4.91. The van der Waals surface area contributed by atoms with Crippen LogP contribution in [-0.2, 0) is 16.1 Å². The van der Waals surface area contributed by atoms with Crippen LogP contribution in [0.2, 0.25) is 0 Å². The number of carbonyl (C=O) groups is 3. The number of nitrogens with one attached hydrogen (secondary N) is 2. The third-order valence-corrected chi connectivity index (χ3v) is 11.2. The lowest BCUT2D eigenvalue weighted by atomic mass is 9.56. The Balaban J connectivity index is 1.11. The summed E-state index contributed by atoms with van der Waals surface area (Å²) in [5.74, 6) is 3.81. The monoisotopic (exact) mass is 511 g/mol. The molecule has 1 aromatic carbocycles. The van der Waals surface area contributed by atoms with Gasteiger partial charge in [0.2, 0.25) is 12.3 Å². The standard InChI is InChI=1S/C29H41N3O3S/c1-20(7-8-27(35)30-19-34)32(2)16-25-22(17-33)5-3-6-26(25)36-10-4-9-31-28-13-21-11-23-12-24(15-28)29(23,14-21)18-28/h3,5-6,17,19-21,23-24,31H,4,7-16,18H2,1-2H3,(H,30,34,35). The first-order valence-electron chi connectivity index (χ1n) is 13.8. The predicted octanol–water partition coefficient (Wildman–Crippen LogP) is 4.41. The first-order valence-corrected chi connectivity index (χ1v) is 14.7. The molecule has 36 heavy (non-hydrogen) atoms. The van der Waals surface area contributed by atoms with Crippen LogP contribution in [0.4, 0.5) is 0 Å². The van der Waals surface area contributed by atoms with E-state index in [1.165, 1.54) is 43.4 Å². The van der Waals surface area contributed by atoms with Crippen LogP contribution in [0, 0.1) is 23.2 Å². The highest BCUT2D eigenvalue weighted by Gasteiger charge is 2.70. The first kappa shape index (κ1) is 25.9.